The average molecular weight is 745 g/mol. The Bertz CT molecular complexity index is 2180. The van der Waals surface area contributed by atoms with E-state index in [9.17, 15) is 9.59 Å². The minimum atomic E-state index is 0.0389. The fraction of sp³-hybridized carbons (Fsp3) is 0.432. The summed E-state index contributed by atoms with van der Waals surface area (Å²) in [5.74, 6) is 2.12. The van der Waals surface area contributed by atoms with E-state index in [1.54, 1.807) is 38.8 Å². The number of aromatic nitrogens is 4. The summed E-state index contributed by atoms with van der Waals surface area (Å²) in [5, 5.41) is 6.11. The second-order valence-corrected chi connectivity index (χ2v) is 16.4. The summed E-state index contributed by atoms with van der Waals surface area (Å²) in [6.07, 6.45) is 10.1. The van der Waals surface area contributed by atoms with Gasteiger partial charge in [-0.15, -0.1) is 22.7 Å². The van der Waals surface area contributed by atoms with Gasteiger partial charge in [-0.05, 0) is 86.8 Å². The molecule has 0 saturated carbocycles. The molecule has 2 atom stereocenters. The van der Waals surface area contributed by atoms with Crippen molar-refractivity contribution >= 4 is 84.2 Å². The zero-order valence-electron chi connectivity index (χ0n) is 29.6. The molecule has 0 unspecified atom stereocenters. The van der Waals surface area contributed by atoms with E-state index >= 15 is 0 Å². The molecule has 0 saturated heterocycles. The lowest BCUT2D eigenvalue weighted by Gasteiger charge is -2.24. The molecule has 4 aromatic heterocycles. The van der Waals surface area contributed by atoms with Crippen LogP contribution in [0.15, 0.2) is 29.8 Å². The number of fused-ring (bicyclic) bond motifs is 7. The number of halogens is 1. The van der Waals surface area contributed by atoms with Crippen LogP contribution in [0.1, 0.15) is 58.7 Å². The van der Waals surface area contributed by atoms with Gasteiger partial charge < -0.3 is 19.9 Å². The van der Waals surface area contributed by atoms with E-state index < -0.39 is 0 Å². The van der Waals surface area contributed by atoms with Crippen LogP contribution in [-0.2, 0) is 41.8 Å². The van der Waals surface area contributed by atoms with Crippen LogP contribution in [0.4, 0.5) is 11.5 Å². The second kappa shape index (κ2) is 14.4. The minimum absolute atomic E-state index is 0.0389. The lowest BCUT2D eigenvalue weighted by molar-refractivity contribution is -0.134. The van der Waals surface area contributed by atoms with E-state index in [1.807, 2.05) is 48.3 Å². The predicted octanol–water partition coefficient (Wildman–Crippen LogP) is 6.89. The first-order valence-corrected chi connectivity index (χ1v) is 19.2. The summed E-state index contributed by atoms with van der Waals surface area (Å²) in [6.45, 7) is 4.74. The number of nitrogens with zero attached hydrogens (tertiary/aromatic N) is 7. The molecule has 2 amide bonds. The van der Waals surface area contributed by atoms with Crippen LogP contribution in [0.2, 0.25) is 5.15 Å². The van der Waals surface area contributed by atoms with E-state index in [2.05, 4.69) is 42.4 Å². The Labute approximate surface area is 310 Å². The van der Waals surface area contributed by atoms with E-state index in [4.69, 9.17) is 16.3 Å². The molecule has 3 aliphatic rings. The number of rotatable bonds is 6. The number of aryl methyl sites for hydroxylation is 2. The number of anilines is 2. The van der Waals surface area contributed by atoms with Gasteiger partial charge in [0.15, 0.2) is 0 Å². The molecule has 2 aliphatic carbocycles. The number of amides is 2. The highest BCUT2D eigenvalue weighted by Crippen LogP contribution is 2.43. The normalized spacial score (nSPS) is 17.4. The SMILES string of the molecule is CC(C)Oc1cc2c(cc1Nc1ncnc3sc4c(c13)CC[C@@H](C(=O)N(C)C)C4)C=NC2.CN(C)C(=O)[C@@H]1CCc2c(sc3ncnc(Cl)c23)C1. The van der Waals surface area contributed by atoms with Crippen molar-refractivity contribution in [3.8, 4) is 5.75 Å². The van der Waals surface area contributed by atoms with Crippen LogP contribution in [0.3, 0.4) is 0 Å². The van der Waals surface area contributed by atoms with Gasteiger partial charge >= 0.3 is 0 Å². The molecule has 14 heteroatoms. The standard InChI is InChI=1S/C24H27N5O2S.C13H14ClN3OS/c1-13(2)31-19-8-16-11-25-10-15(16)7-18(19)28-22-21-17-6-5-14(24(30)29(3)4)9-20(17)32-23(21)27-12-26-22;1-17(2)13(18)7-3-4-8-9(5-7)19-12-10(8)11(14)15-6-16-12/h7-8,10,12-14H,5-6,9,11H2,1-4H3,(H,26,27,28);6-7H,3-5H2,1-2H3/t14-;7-/m11/s1. The molecule has 51 heavy (non-hydrogen) atoms. The third-order valence-electron chi connectivity index (χ3n) is 9.57. The number of aliphatic imine (C=N–C) groups is 1. The van der Waals surface area contributed by atoms with E-state index in [1.165, 1.54) is 32.8 Å². The smallest absolute Gasteiger partial charge is 0.225 e. The Morgan fingerprint density at radius 3 is 2.06 bits per heavy atom. The van der Waals surface area contributed by atoms with Gasteiger partial charge in [-0.3, -0.25) is 14.6 Å². The topological polar surface area (TPSA) is 126 Å². The summed E-state index contributed by atoms with van der Waals surface area (Å²) in [5.41, 5.74) is 5.66. The highest BCUT2D eigenvalue weighted by Gasteiger charge is 2.31. The van der Waals surface area contributed by atoms with Gasteiger partial charge in [0.25, 0.3) is 0 Å². The first-order chi connectivity index (χ1) is 24.5. The number of hydrogen-bond donors (Lipinski definition) is 1. The largest absolute Gasteiger partial charge is 0.489 e. The van der Waals surface area contributed by atoms with E-state index in [0.29, 0.717) is 11.7 Å². The summed E-state index contributed by atoms with van der Waals surface area (Å²) in [4.78, 5) is 54.2. The molecule has 1 aliphatic heterocycles. The highest BCUT2D eigenvalue weighted by atomic mass is 35.5. The van der Waals surface area contributed by atoms with Crippen molar-refractivity contribution in [2.24, 2.45) is 16.8 Å². The zero-order chi connectivity index (χ0) is 36.0. The first-order valence-electron chi connectivity index (χ1n) is 17.2. The van der Waals surface area contributed by atoms with Gasteiger partial charge in [0, 0.05) is 56.0 Å². The number of ether oxygens (including phenoxy) is 1. The van der Waals surface area contributed by atoms with Crippen molar-refractivity contribution in [2.45, 2.75) is 65.0 Å². The fourth-order valence-corrected chi connectivity index (χ4v) is 9.98. The monoisotopic (exact) mass is 744 g/mol. The van der Waals surface area contributed by atoms with Gasteiger partial charge in [-0.2, -0.15) is 0 Å². The molecule has 11 nitrogen and oxygen atoms in total. The summed E-state index contributed by atoms with van der Waals surface area (Å²) < 4.78 is 6.11. The first kappa shape index (κ1) is 35.2. The van der Waals surface area contributed by atoms with Crippen molar-refractivity contribution in [1.82, 2.24) is 29.7 Å². The molecular formula is C37H41ClN8O3S2. The maximum absolute atomic E-state index is 12.5. The molecular weight excluding hydrogens is 704 g/mol. The fourth-order valence-electron chi connectivity index (χ4n) is 7.14. The third kappa shape index (κ3) is 7.03. The maximum Gasteiger partial charge on any atom is 0.225 e. The highest BCUT2D eigenvalue weighted by molar-refractivity contribution is 7.19. The Morgan fingerprint density at radius 1 is 0.863 bits per heavy atom. The summed E-state index contributed by atoms with van der Waals surface area (Å²) in [7, 11) is 7.28. The van der Waals surface area contributed by atoms with Crippen LogP contribution < -0.4 is 10.1 Å². The molecule has 8 rings (SSSR count). The van der Waals surface area contributed by atoms with Crippen LogP contribution in [0, 0.1) is 11.8 Å². The molecule has 0 radical (unpaired) electrons. The number of hydrogen-bond acceptors (Lipinski definition) is 11. The van der Waals surface area contributed by atoms with Crippen molar-refractivity contribution < 1.29 is 14.3 Å². The average Bonchev–Trinajstić information content (AvgIpc) is 3.82. The lowest BCUT2D eigenvalue weighted by atomic mass is 9.87. The summed E-state index contributed by atoms with van der Waals surface area (Å²) >= 11 is 9.48. The van der Waals surface area contributed by atoms with Gasteiger partial charge in [-0.25, -0.2) is 19.9 Å². The number of carbonyl (C=O) groups excluding carboxylic acids is 2. The third-order valence-corrected chi connectivity index (χ3v) is 12.2. The Kier molecular flexibility index (Phi) is 9.97. The number of nitrogens with one attached hydrogen (secondary N) is 1. The van der Waals surface area contributed by atoms with Crippen LogP contribution in [-0.4, -0.2) is 82.1 Å². The number of thiophene rings is 2. The number of carbonyl (C=O) groups is 2. The molecule has 5 aromatic rings. The Morgan fingerprint density at radius 2 is 1.45 bits per heavy atom. The van der Waals surface area contributed by atoms with Crippen molar-refractivity contribution in [2.75, 3.05) is 33.5 Å². The van der Waals surface area contributed by atoms with Crippen LogP contribution in [0.25, 0.3) is 20.4 Å². The predicted molar refractivity (Wildman–Crippen MR) is 205 cm³/mol. The van der Waals surface area contributed by atoms with Crippen LogP contribution in [0.5, 0.6) is 5.75 Å². The molecule has 0 spiro atoms. The lowest BCUT2D eigenvalue weighted by Crippen LogP contribution is -2.32. The molecule has 266 valence electrons. The van der Waals surface area contributed by atoms with E-state index in [0.717, 1.165) is 81.8 Å². The second-order valence-electron chi connectivity index (χ2n) is 13.9. The maximum atomic E-state index is 12.5. The number of benzene rings is 1. The zero-order valence-corrected chi connectivity index (χ0v) is 32.0. The molecule has 1 N–H and O–H groups in total. The minimum Gasteiger partial charge on any atom is -0.489 e. The van der Waals surface area contributed by atoms with Crippen molar-refractivity contribution in [3.63, 3.8) is 0 Å². The van der Waals surface area contributed by atoms with Crippen molar-refractivity contribution in [3.05, 3.63) is 61.9 Å². The van der Waals surface area contributed by atoms with E-state index in [-0.39, 0.29) is 29.8 Å². The Hall–Kier alpha value is -4.20. The molecule has 5 heterocycles. The van der Waals surface area contributed by atoms with Gasteiger partial charge in [0.2, 0.25) is 11.8 Å². The summed E-state index contributed by atoms with van der Waals surface area (Å²) in [6, 6.07) is 4.16. The van der Waals surface area contributed by atoms with Gasteiger partial charge in [0.05, 0.1) is 29.1 Å². The molecule has 0 bridgehead atoms. The van der Waals surface area contributed by atoms with Crippen molar-refractivity contribution in [1.29, 1.82) is 0 Å². The van der Waals surface area contributed by atoms with Crippen LogP contribution >= 0.6 is 34.3 Å². The quantitative estimate of drug-likeness (QED) is 0.187. The molecule has 1 aromatic carbocycles. The van der Waals surface area contributed by atoms with Gasteiger partial charge in [-0.1, -0.05) is 11.6 Å². The molecule has 0 fully saturated rings. The van der Waals surface area contributed by atoms with Gasteiger partial charge in [0.1, 0.15) is 39.0 Å². The Balaban J connectivity index is 0.000000182.